The van der Waals surface area contributed by atoms with Crippen molar-refractivity contribution in [3.63, 3.8) is 0 Å². The Labute approximate surface area is 113 Å². The number of aromatic nitrogens is 1. The molecule has 2 rings (SSSR count). The van der Waals surface area contributed by atoms with Crippen molar-refractivity contribution in [3.8, 4) is 0 Å². The molecular formula is C13H20ClN3O. The lowest BCUT2D eigenvalue weighted by Crippen LogP contribution is -2.52. The van der Waals surface area contributed by atoms with Gasteiger partial charge in [0.25, 0.3) is 0 Å². The van der Waals surface area contributed by atoms with E-state index in [0.29, 0.717) is 16.8 Å². The second-order valence-corrected chi connectivity index (χ2v) is 5.09. The topological polar surface area (TPSA) is 39.6 Å². The molecule has 0 amide bonds. The van der Waals surface area contributed by atoms with E-state index in [1.165, 1.54) is 0 Å². The molecule has 1 saturated heterocycles. The fourth-order valence-corrected chi connectivity index (χ4v) is 2.60. The van der Waals surface area contributed by atoms with Crippen LogP contribution in [0.25, 0.3) is 0 Å². The lowest BCUT2D eigenvalue weighted by Gasteiger charge is -2.40. The van der Waals surface area contributed by atoms with Crippen molar-refractivity contribution < 1.29 is 5.11 Å². The number of piperazine rings is 1. The van der Waals surface area contributed by atoms with Crippen LogP contribution < -0.4 is 4.90 Å². The number of hydrogen-bond donors (Lipinski definition) is 1. The van der Waals surface area contributed by atoms with Crippen molar-refractivity contribution in [2.45, 2.75) is 26.5 Å². The molecular weight excluding hydrogens is 250 g/mol. The maximum absolute atomic E-state index is 9.20. The van der Waals surface area contributed by atoms with Gasteiger partial charge in [-0.3, -0.25) is 4.90 Å². The van der Waals surface area contributed by atoms with Gasteiger partial charge in [-0.25, -0.2) is 4.98 Å². The SMILES string of the molecule is CCN1CCN(c2ccc(Cl)c(CO)n2)CC1C. The second kappa shape index (κ2) is 5.87. The lowest BCUT2D eigenvalue weighted by atomic mass is 10.2. The number of rotatable bonds is 3. The Bertz CT molecular complexity index is 413. The highest BCUT2D eigenvalue weighted by Crippen LogP contribution is 2.21. The van der Waals surface area contributed by atoms with Crippen LogP contribution in [-0.4, -0.2) is 47.2 Å². The van der Waals surface area contributed by atoms with E-state index in [1.807, 2.05) is 12.1 Å². The van der Waals surface area contributed by atoms with E-state index in [9.17, 15) is 5.11 Å². The number of nitrogens with zero attached hydrogens (tertiary/aromatic N) is 3. The molecule has 1 aromatic rings. The highest BCUT2D eigenvalue weighted by molar-refractivity contribution is 6.31. The van der Waals surface area contributed by atoms with Crippen LogP contribution in [0, 0.1) is 0 Å². The molecule has 100 valence electrons. The van der Waals surface area contributed by atoms with Gasteiger partial charge in [0.05, 0.1) is 17.3 Å². The van der Waals surface area contributed by atoms with Gasteiger partial charge < -0.3 is 10.0 Å². The van der Waals surface area contributed by atoms with Gasteiger partial charge in [0.15, 0.2) is 0 Å². The number of aliphatic hydroxyl groups is 1. The molecule has 0 saturated carbocycles. The van der Waals surface area contributed by atoms with Gasteiger partial charge in [0.2, 0.25) is 0 Å². The van der Waals surface area contributed by atoms with Gasteiger partial charge in [-0.15, -0.1) is 0 Å². The third kappa shape index (κ3) is 2.76. The van der Waals surface area contributed by atoms with Crippen LogP contribution in [0.15, 0.2) is 12.1 Å². The van der Waals surface area contributed by atoms with Gasteiger partial charge in [-0.2, -0.15) is 0 Å². The van der Waals surface area contributed by atoms with E-state index < -0.39 is 0 Å². The molecule has 1 atom stereocenters. The predicted molar refractivity (Wildman–Crippen MR) is 74.1 cm³/mol. The molecule has 0 radical (unpaired) electrons. The van der Waals surface area contributed by atoms with E-state index in [-0.39, 0.29) is 6.61 Å². The van der Waals surface area contributed by atoms with Crippen LogP contribution in [0.5, 0.6) is 0 Å². The minimum Gasteiger partial charge on any atom is -0.390 e. The third-order valence-corrected chi connectivity index (χ3v) is 3.89. The first-order valence-electron chi connectivity index (χ1n) is 6.41. The molecule has 1 N–H and O–H groups in total. The highest BCUT2D eigenvalue weighted by atomic mass is 35.5. The summed E-state index contributed by atoms with van der Waals surface area (Å²) in [4.78, 5) is 9.14. The zero-order valence-electron chi connectivity index (χ0n) is 10.9. The van der Waals surface area contributed by atoms with E-state index in [0.717, 1.165) is 32.0 Å². The number of hydrogen-bond acceptors (Lipinski definition) is 4. The van der Waals surface area contributed by atoms with Crippen molar-refractivity contribution >= 4 is 17.4 Å². The quantitative estimate of drug-likeness (QED) is 0.908. The van der Waals surface area contributed by atoms with E-state index in [1.54, 1.807) is 0 Å². The Morgan fingerprint density at radius 2 is 2.22 bits per heavy atom. The van der Waals surface area contributed by atoms with Crippen LogP contribution in [0.3, 0.4) is 0 Å². The second-order valence-electron chi connectivity index (χ2n) is 4.68. The Kier molecular flexibility index (Phi) is 4.43. The van der Waals surface area contributed by atoms with Crippen molar-refractivity contribution in [2.75, 3.05) is 31.1 Å². The van der Waals surface area contributed by atoms with Crippen LogP contribution in [0.4, 0.5) is 5.82 Å². The van der Waals surface area contributed by atoms with Crippen LogP contribution in [-0.2, 0) is 6.61 Å². The minimum atomic E-state index is -0.114. The average Bonchev–Trinajstić information content (AvgIpc) is 2.39. The summed E-state index contributed by atoms with van der Waals surface area (Å²) in [7, 11) is 0. The summed E-state index contributed by atoms with van der Waals surface area (Å²) in [5.41, 5.74) is 0.555. The minimum absolute atomic E-state index is 0.114. The molecule has 0 aliphatic carbocycles. The van der Waals surface area contributed by atoms with Gasteiger partial charge in [0, 0.05) is 25.7 Å². The summed E-state index contributed by atoms with van der Waals surface area (Å²) >= 11 is 5.96. The van der Waals surface area contributed by atoms with Gasteiger partial charge in [-0.1, -0.05) is 18.5 Å². The molecule has 1 unspecified atom stereocenters. The summed E-state index contributed by atoms with van der Waals surface area (Å²) in [5, 5.41) is 9.73. The first kappa shape index (κ1) is 13.6. The van der Waals surface area contributed by atoms with E-state index >= 15 is 0 Å². The largest absolute Gasteiger partial charge is 0.390 e. The Balaban J connectivity index is 2.13. The summed E-state index contributed by atoms with van der Waals surface area (Å²) < 4.78 is 0. The zero-order chi connectivity index (χ0) is 13.1. The fraction of sp³-hybridized carbons (Fsp3) is 0.615. The highest BCUT2D eigenvalue weighted by Gasteiger charge is 2.23. The summed E-state index contributed by atoms with van der Waals surface area (Å²) in [5.74, 6) is 0.908. The van der Waals surface area contributed by atoms with Gasteiger partial charge in [0.1, 0.15) is 5.82 Å². The summed E-state index contributed by atoms with van der Waals surface area (Å²) in [6.45, 7) is 8.39. The maximum Gasteiger partial charge on any atom is 0.129 e. The van der Waals surface area contributed by atoms with Crippen LogP contribution >= 0.6 is 11.6 Å². The first-order chi connectivity index (χ1) is 8.65. The number of aliphatic hydroxyl groups excluding tert-OH is 1. The van der Waals surface area contributed by atoms with Gasteiger partial charge in [-0.05, 0) is 25.6 Å². The zero-order valence-corrected chi connectivity index (χ0v) is 11.7. The van der Waals surface area contributed by atoms with Crippen molar-refractivity contribution in [2.24, 2.45) is 0 Å². The smallest absolute Gasteiger partial charge is 0.129 e. The maximum atomic E-state index is 9.20. The van der Waals surface area contributed by atoms with Crippen molar-refractivity contribution in [1.29, 1.82) is 0 Å². The van der Waals surface area contributed by atoms with Crippen molar-refractivity contribution in [3.05, 3.63) is 22.8 Å². The van der Waals surface area contributed by atoms with E-state index in [4.69, 9.17) is 11.6 Å². The molecule has 1 aromatic heterocycles. The molecule has 2 heterocycles. The number of pyridine rings is 1. The molecule has 1 aliphatic heterocycles. The number of anilines is 1. The van der Waals surface area contributed by atoms with Crippen LogP contribution in [0.1, 0.15) is 19.5 Å². The van der Waals surface area contributed by atoms with E-state index in [2.05, 4.69) is 28.6 Å². The standard InChI is InChI=1S/C13H20ClN3O/c1-3-16-6-7-17(8-10(16)2)13-5-4-11(14)12(9-18)15-13/h4-5,10,18H,3,6-9H2,1-2H3. The Morgan fingerprint density at radius 1 is 1.44 bits per heavy atom. The number of halogens is 1. The lowest BCUT2D eigenvalue weighted by molar-refractivity contribution is 0.199. The molecule has 1 aliphatic rings. The fourth-order valence-electron chi connectivity index (χ4n) is 2.43. The summed E-state index contributed by atoms with van der Waals surface area (Å²) in [6, 6.07) is 4.26. The van der Waals surface area contributed by atoms with Crippen LogP contribution in [0.2, 0.25) is 5.02 Å². The first-order valence-corrected chi connectivity index (χ1v) is 6.78. The number of likely N-dealkylation sites (N-methyl/N-ethyl adjacent to an activating group) is 1. The molecule has 4 nitrogen and oxygen atoms in total. The van der Waals surface area contributed by atoms with Crippen molar-refractivity contribution in [1.82, 2.24) is 9.88 Å². The molecule has 0 bridgehead atoms. The van der Waals surface area contributed by atoms with Gasteiger partial charge >= 0.3 is 0 Å². The molecule has 5 heteroatoms. The monoisotopic (exact) mass is 269 g/mol. The third-order valence-electron chi connectivity index (χ3n) is 3.55. The normalized spacial score (nSPS) is 21.3. The molecule has 0 aromatic carbocycles. The Hall–Kier alpha value is -0.840. The Morgan fingerprint density at radius 3 is 2.83 bits per heavy atom. The molecule has 1 fully saturated rings. The summed E-state index contributed by atoms with van der Waals surface area (Å²) in [6.07, 6.45) is 0. The molecule has 18 heavy (non-hydrogen) atoms. The molecule has 0 spiro atoms. The predicted octanol–water partition coefficient (Wildman–Crippen LogP) is 1.76. The average molecular weight is 270 g/mol.